The zero-order valence-corrected chi connectivity index (χ0v) is 30.9. The van der Waals surface area contributed by atoms with Crippen LogP contribution in [0.2, 0.25) is 0 Å². The van der Waals surface area contributed by atoms with Crippen LogP contribution < -0.4 is 10.6 Å². The van der Waals surface area contributed by atoms with Gasteiger partial charge in [-0.3, -0.25) is 0 Å². The second-order valence-electron chi connectivity index (χ2n) is 14.4. The summed E-state index contributed by atoms with van der Waals surface area (Å²) in [5.74, 6) is 1.60. The van der Waals surface area contributed by atoms with Crippen LogP contribution in [-0.4, -0.2) is 23.2 Å². The molecule has 8 rings (SSSR count). The van der Waals surface area contributed by atoms with Crippen LogP contribution in [0.4, 0.5) is 5.69 Å². The molecule has 0 amide bonds. The van der Waals surface area contributed by atoms with E-state index >= 15 is 0 Å². The van der Waals surface area contributed by atoms with Gasteiger partial charge in [-0.05, 0) is 102 Å². The summed E-state index contributed by atoms with van der Waals surface area (Å²) < 4.78 is 0. The second kappa shape index (κ2) is 14.5. The lowest BCUT2D eigenvalue weighted by Gasteiger charge is -2.52. The maximum Gasteiger partial charge on any atom is 0.109 e. The van der Waals surface area contributed by atoms with Crippen LogP contribution in [0.25, 0.3) is 0 Å². The maximum atomic E-state index is 6.86. The van der Waals surface area contributed by atoms with E-state index in [1.54, 1.807) is 0 Å². The first-order valence-corrected chi connectivity index (χ1v) is 20.6. The predicted octanol–water partition coefficient (Wildman–Crippen LogP) is 11.7. The third kappa shape index (κ3) is 5.98. The van der Waals surface area contributed by atoms with Crippen molar-refractivity contribution in [2.24, 2.45) is 5.73 Å². The summed E-state index contributed by atoms with van der Waals surface area (Å²) in [6.45, 7) is 2.27. The van der Waals surface area contributed by atoms with E-state index in [9.17, 15) is 0 Å². The lowest BCUT2D eigenvalue weighted by Crippen LogP contribution is -2.42. The van der Waals surface area contributed by atoms with Gasteiger partial charge < -0.3 is 15.5 Å². The molecule has 6 aliphatic rings. The summed E-state index contributed by atoms with van der Waals surface area (Å²) in [5.41, 5.74) is 13.6. The van der Waals surface area contributed by atoms with Gasteiger partial charge in [-0.25, -0.2) is 0 Å². The number of likely N-dealkylation sites (N-methyl/N-ethyl adjacent to an activating group) is 1. The van der Waals surface area contributed by atoms with Crippen molar-refractivity contribution >= 4 is 15.7 Å². The Morgan fingerprint density at radius 2 is 1.47 bits per heavy atom. The molecule has 0 bridgehead atoms. The molecule has 0 spiro atoms. The van der Waals surface area contributed by atoms with Crippen molar-refractivity contribution in [2.45, 2.75) is 75.1 Å². The lowest BCUT2D eigenvalue weighted by atomic mass is 9.86. The van der Waals surface area contributed by atoms with Crippen LogP contribution in [0.15, 0.2) is 184 Å². The maximum absolute atomic E-state index is 6.86. The van der Waals surface area contributed by atoms with E-state index in [1.165, 1.54) is 48.5 Å². The molecule has 0 saturated carbocycles. The minimum atomic E-state index is -1.75. The SMILES string of the molecule is C/C(=C\C(=C/N)S(C1=CCCC=C1)(C1=CCCC=C1)C1C=CC2C(C1)c1ccccc1N2C1=CC=CC(c2ccccc2)N1C)C1=CCCC=C1. The molecule has 4 unspecified atom stereocenters. The van der Waals surface area contributed by atoms with Crippen molar-refractivity contribution in [3.05, 3.63) is 195 Å². The number of para-hydroxylation sites is 1. The van der Waals surface area contributed by atoms with Crippen LogP contribution in [0, 0.1) is 0 Å². The van der Waals surface area contributed by atoms with Gasteiger partial charge in [0.05, 0.1) is 12.1 Å². The first kappa shape index (κ1) is 33.5. The minimum absolute atomic E-state index is 0.186. The van der Waals surface area contributed by atoms with E-state index in [-0.39, 0.29) is 12.1 Å². The molecule has 4 aliphatic carbocycles. The number of hydrogen-bond donors (Lipinski definition) is 1. The van der Waals surface area contributed by atoms with E-state index in [0.717, 1.165) is 44.9 Å². The molecule has 2 heterocycles. The van der Waals surface area contributed by atoms with Crippen molar-refractivity contribution in [1.82, 2.24) is 4.90 Å². The average Bonchev–Trinajstić information content (AvgIpc) is 3.53. The molecular formula is C47H51N3S. The Morgan fingerprint density at radius 1 is 0.784 bits per heavy atom. The fraction of sp³-hybridized carbons (Fsp3) is 0.277. The Balaban J connectivity index is 1.25. The van der Waals surface area contributed by atoms with E-state index in [1.807, 2.05) is 6.20 Å². The van der Waals surface area contributed by atoms with Crippen LogP contribution in [0.3, 0.4) is 0 Å². The molecule has 0 saturated heterocycles. The number of rotatable bonds is 8. The summed E-state index contributed by atoms with van der Waals surface area (Å²) in [5, 5.41) is 0.291. The number of nitrogens with zero attached hydrogens (tertiary/aromatic N) is 2. The normalized spacial score (nSPS) is 26.3. The number of allylic oxidation sites excluding steroid dienone is 14. The van der Waals surface area contributed by atoms with Gasteiger partial charge in [-0.2, -0.15) is 10.0 Å². The molecule has 260 valence electrons. The topological polar surface area (TPSA) is 32.5 Å². The average molecular weight is 690 g/mol. The zero-order valence-electron chi connectivity index (χ0n) is 30.1. The molecule has 4 atom stereocenters. The molecule has 3 nitrogen and oxygen atoms in total. The monoisotopic (exact) mass is 689 g/mol. The van der Waals surface area contributed by atoms with E-state index < -0.39 is 10.0 Å². The van der Waals surface area contributed by atoms with Gasteiger partial charge in [-0.15, -0.1) is 0 Å². The fourth-order valence-corrected chi connectivity index (χ4v) is 13.7. The molecule has 4 heteroatoms. The Morgan fingerprint density at radius 3 is 2.14 bits per heavy atom. The summed E-state index contributed by atoms with van der Waals surface area (Å²) in [4.78, 5) is 9.27. The number of benzene rings is 2. The Hall–Kier alpha value is -4.67. The minimum Gasteiger partial charge on any atom is -0.404 e. The third-order valence-electron chi connectivity index (χ3n) is 11.5. The Labute approximate surface area is 307 Å². The van der Waals surface area contributed by atoms with E-state index in [4.69, 9.17) is 5.73 Å². The van der Waals surface area contributed by atoms with Gasteiger partial charge in [0.25, 0.3) is 0 Å². The number of fused-ring (bicyclic) bond motifs is 3. The standard InChI is InChI=1S/C47H51N3S/c1-35(36-18-7-3-8-19-36)32-41(34-48)51(38-22-11-5-12-23-38,39-24-13-6-14-25-39)40-30-31-46-43(33-40)42-26-15-16-27-45(42)50(46)47-29-17-28-44(49(47)2)37-20-9-4-10-21-37/h4,7,9-11,13,15-32,34,40,43-44,46H,3,5-6,8,12,14,33,48H2,1-2H3/b35-32+,41-34+. The van der Waals surface area contributed by atoms with Gasteiger partial charge >= 0.3 is 0 Å². The first-order chi connectivity index (χ1) is 25.1. The molecule has 2 aromatic carbocycles. The first-order valence-electron chi connectivity index (χ1n) is 18.9. The van der Waals surface area contributed by atoms with Crippen molar-refractivity contribution in [3.63, 3.8) is 0 Å². The molecule has 2 aromatic rings. The summed E-state index contributed by atoms with van der Waals surface area (Å²) in [6.07, 6.45) is 45.8. The smallest absolute Gasteiger partial charge is 0.109 e. The van der Waals surface area contributed by atoms with Gasteiger partial charge in [-0.1, -0.05) is 128 Å². The Kier molecular flexibility index (Phi) is 9.53. The van der Waals surface area contributed by atoms with Crippen LogP contribution in [-0.2, 0) is 0 Å². The number of anilines is 1. The van der Waals surface area contributed by atoms with Crippen LogP contribution in [0.1, 0.15) is 75.0 Å². The summed E-state index contributed by atoms with van der Waals surface area (Å²) >= 11 is 0. The van der Waals surface area contributed by atoms with Crippen molar-refractivity contribution in [2.75, 3.05) is 11.9 Å². The molecule has 0 radical (unpaired) electrons. The summed E-state index contributed by atoms with van der Waals surface area (Å²) in [6, 6.07) is 20.5. The van der Waals surface area contributed by atoms with Crippen LogP contribution >= 0.6 is 10.0 Å². The highest BCUT2D eigenvalue weighted by Gasteiger charge is 2.48. The van der Waals surface area contributed by atoms with Crippen molar-refractivity contribution < 1.29 is 0 Å². The molecule has 0 fully saturated rings. The predicted molar refractivity (Wildman–Crippen MR) is 220 cm³/mol. The van der Waals surface area contributed by atoms with Gasteiger partial charge in [0.15, 0.2) is 0 Å². The lowest BCUT2D eigenvalue weighted by molar-refractivity contribution is 0.337. The number of nitrogens with two attached hydrogens (primary N) is 1. The van der Waals surface area contributed by atoms with Crippen LogP contribution in [0.5, 0.6) is 0 Å². The van der Waals surface area contributed by atoms with E-state index in [0.29, 0.717) is 11.2 Å². The second-order valence-corrected chi connectivity index (χ2v) is 17.8. The van der Waals surface area contributed by atoms with Gasteiger partial charge in [0.1, 0.15) is 5.82 Å². The van der Waals surface area contributed by atoms with Gasteiger partial charge in [0.2, 0.25) is 0 Å². The largest absolute Gasteiger partial charge is 0.404 e. The highest BCUT2D eigenvalue weighted by Crippen LogP contribution is 2.75. The zero-order chi connectivity index (χ0) is 34.8. The Bertz CT molecular complexity index is 1960. The molecule has 0 aromatic heterocycles. The molecular weight excluding hydrogens is 639 g/mol. The third-order valence-corrected chi connectivity index (χ3v) is 15.8. The summed E-state index contributed by atoms with van der Waals surface area (Å²) in [7, 11) is 0.501. The van der Waals surface area contributed by atoms with E-state index in [2.05, 4.69) is 170 Å². The van der Waals surface area contributed by atoms with Gasteiger partial charge in [0, 0.05) is 35.0 Å². The molecule has 2 aliphatic heterocycles. The molecule has 2 N–H and O–H groups in total. The van der Waals surface area contributed by atoms with Crippen molar-refractivity contribution in [3.8, 4) is 0 Å². The highest BCUT2D eigenvalue weighted by molar-refractivity contribution is 8.43. The van der Waals surface area contributed by atoms with Crippen molar-refractivity contribution in [1.29, 1.82) is 0 Å². The number of hydrogen-bond acceptors (Lipinski definition) is 3. The fourth-order valence-electron chi connectivity index (χ4n) is 9.05. The quantitative estimate of drug-likeness (QED) is 0.221. The highest BCUT2D eigenvalue weighted by atomic mass is 32.3. The molecule has 51 heavy (non-hydrogen) atoms.